The molecule has 20 heavy (non-hydrogen) atoms. The van der Waals surface area contributed by atoms with Crippen LogP contribution in [0, 0.1) is 0 Å². The molecule has 0 fully saturated rings. The molecule has 0 aromatic heterocycles. The number of azide groups is 1. The van der Waals surface area contributed by atoms with Gasteiger partial charge in [0.05, 0.1) is 19.8 Å². The molecule has 6 nitrogen and oxygen atoms in total. The molecule has 6 heteroatoms. The van der Waals surface area contributed by atoms with Crippen LogP contribution >= 0.6 is 0 Å². The molecule has 0 saturated heterocycles. The fourth-order valence-electron chi connectivity index (χ4n) is 2.17. The molecule has 2 aromatic rings. The number of hydrogen-bond acceptors (Lipinski definition) is 4. The Morgan fingerprint density at radius 3 is 2.70 bits per heavy atom. The van der Waals surface area contributed by atoms with Crippen LogP contribution in [0.25, 0.3) is 21.2 Å². The summed E-state index contributed by atoms with van der Waals surface area (Å²) in [6.07, 6.45) is -2.38. The van der Waals surface area contributed by atoms with E-state index in [-0.39, 0.29) is 6.54 Å². The third-order valence-electron chi connectivity index (χ3n) is 3.14. The lowest BCUT2D eigenvalue weighted by atomic mass is 9.96. The lowest BCUT2D eigenvalue weighted by Gasteiger charge is -2.20. The van der Waals surface area contributed by atoms with Gasteiger partial charge in [-0.05, 0) is 22.4 Å². The first-order chi connectivity index (χ1) is 9.69. The van der Waals surface area contributed by atoms with Crippen LogP contribution in [-0.2, 0) is 0 Å². The summed E-state index contributed by atoms with van der Waals surface area (Å²) in [5.74, 6) is 0.483. The Bertz CT molecular complexity index is 653. The zero-order valence-electron chi connectivity index (χ0n) is 11.0. The maximum absolute atomic E-state index is 10.3. The Morgan fingerprint density at radius 2 is 2.00 bits per heavy atom. The van der Waals surface area contributed by atoms with Crippen LogP contribution in [0.5, 0.6) is 5.75 Å². The highest BCUT2D eigenvalue weighted by molar-refractivity contribution is 5.88. The van der Waals surface area contributed by atoms with Crippen LogP contribution in [0.2, 0.25) is 0 Å². The predicted molar refractivity (Wildman–Crippen MR) is 75.5 cm³/mol. The van der Waals surface area contributed by atoms with Crippen molar-refractivity contribution < 1.29 is 14.9 Å². The highest BCUT2D eigenvalue weighted by Gasteiger charge is 2.23. The quantitative estimate of drug-likeness (QED) is 0.497. The molecule has 0 heterocycles. The van der Waals surface area contributed by atoms with Gasteiger partial charge in [-0.1, -0.05) is 35.4 Å². The minimum atomic E-state index is -1.19. The Balaban J connectivity index is 2.52. The van der Waals surface area contributed by atoms with Crippen molar-refractivity contribution in [3.05, 3.63) is 52.4 Å². The SMILES string of the molecule is COc1ccc2ccccc2c1C(O)C(O)CN=[N+]=[N-]. The molecule has 2 N–H and O–H groups in total. The highest BCUT2D eigenvalue weighted by atomic mass is 16.5. The average Bonchev–Trinajstić information content (AvgIpc) is 2.50. The third kappa shape index (κ3) is 2.67. The molecule has 2 atom stereocenters. The van der Waals surface area contributed by atoms with Crippen molar-refractivity contribution in [2.75, 3.05) is 13.7 Å². The highest BCUT2D eigenvalue weighted by Crippen LogP contribution is 2.34. The zero-order chi connectivity index (χ0) is 14.5. The van der Waals surface area contributed by atoms with E-state index in [0.29, 0.717) is 11.3 Å². The van der Waals surface area contributed by atoms with E-state index in [0.717, 1.165) is 10.8 Å². The topological polar surface area (TPSA) is 98.5 Å². The molecule has 0 aliphatic carbocycles. The van der Waals surface area contributed by atoms with Gasteiger partial charge in [0.1, 0.15) is 11.9 Å². The molecule has 104 valence electrons. The van der Waals surface area contributed by atoms with Crippen LogP contribution in [0.4, 0.5) is 0 Å². The van der Waals surface area contributed by atoms with Crippen molar-refractivity contribution in [2.45, 2.75) is 12.2 Å². The van der Waals surface area contributed by atoms with Crippen LogP contribution in [0.15, 0.2) is 41.5 Å². The summed E-state index contributed by atoms with van der Waals surface area (Å²) in [6, 6.07) is 11.1. The van der Waals surface area contributed by atoms with Gasteiger partial charge in [0.2, 0.25) is 0 Å². The first-order valence-corrected chi connectivity index (χ1v) is 6.11. The summed E-state index contributed by atoms with van der Waals surface area (Å²) < 4.78 is 5.25. The molecule has 2 rings (SSSR count). The maximum atomic E-state index is 10.3. The van der Waals surface area contributed by atoms with Gasteiger partial charge < -0.3 is 14.9 Å². The van der Waals surface area contributed by atoms with Crippen molar-refractivity contribution in [3.8, 4) is 5.75 Å². The molecule has 2 aromatic carbocycles. The van der Waals surface area contributed by atoms with Gasteiger partial charge in [-0.15, -0.1) is 0 Å². The van der Waals surface area contributed by atoms with Crippen molar-refractivity contribution >= 4 is 10.8 Å². The maximum Gasteiger partial charge on any atom is 0.125 e. The summed E-state index contributed by atoms with van der Waals surface area (Å²) in [6.45, 7) is -0.204. The van der Waals surface area contributed by atoms with Crippen molar-refractivity contribution in [1.29, 1.82) is 0 Å². The summed E-state index contributed by atoms with van der Waals surface area (Å²) in [7, 11) is 1.50. The second kappa shape index (κ2) is 6.25. The van der Waals surface area contributed by atoms with Gasteiger partial charge in [0, 0.05) is 10.5 Å². The number of aliphatic hydroxyl groups excluding tert-OH is 2. The number of nitrogens with zero attached hydrogens (tertiary/aromatic N) is 3. The molecule has 0 radical (unpaired) electrons. The standard InChI is InChI=1S/C14H15N3O3/c1-20-12-7-6-9-4-2-3-5-10(9)13(12)14(19)11(18)8-16-17-15/h2-7,11,14,18-19H,8H2,1H3. The van der Waals surface area contributed by atoms with E-state index < -0.39 is 12.2 Å². The van der Waals surface area contributed by atoms with Crippen molar-refractivity contribution in [1.82, 2.24) is 0 Å². The molecule has 0 aliphatic heterocycles. The number of benzene rings is 2. The zero-order valence-corrected chi connectivity index (χ0v) is 11.0. The largest absolute Gasteiger partial charge is 0.496 e. The van der Waals surface area contributed by atoms with E-state index in [9.17, 15) is 10.2 Å². The van der Waals surface area contributed by atoms with E-state index in [2.05, 4.69) is 10.0 Å². The van der Waals surface area contributed by atoms with Gasteiger partial charge >= 0.3 is 0 Å². The minimum absolute atomic E-state index is 0.204. The minimum Gasteiger partial charge on any atom is -0.496 e. The molecule has 0 spiro atoms. The van der Waals surface area contributed by atoms with Crippen molar-refractivity contribution in [2.24, 2.45) is 5.11 Å². The first kappa shape index (κ1) is 14.1. The smallest absolute Gasteiger partial charge is 0.125 e. The van der Waals surface area contributed by atoms with Crippen LogP contribution in [-0.4, -0.2) is 30.0 Å². The van der Waals surface area contributed by atoms with E-state index in [1.807, 2.05) is 30.3 Å². The monoisotopic (exact) mass is 273 g/mol. The number of ether oxygens (including phenoxy) is 1. The van der Waals surface area contributed by atoms with Crippen LogP contribution in [0.3, 0.4) is 0 Å². The van der Waals surface area contributed by atoms with Crippen molar-refractivity contribution in [3.63, 3.8) is 0 Å². The molecule has 0 bridgehead atoms. The van der Waals surface area contributed by atoms with Gasteiger partial charge in [0.25, 0.3) is 0 Å². The average molecular weight is 273 g/mol. The Hall–Kier alpha value is -2.27. The summed E-state index contributed by atoms with van der Waals surface area (Å²) >= 11 is 0. The second-order valence-corrected chi connectivity index (χ2v) is 4.33. The fraction of sp³-hybridized carbons (Fsp3) is 0.286. The molecule has 0 aliphatic rings. The Morgan fingerprint density at radius 1 is 1.25 bits per heavy atom. The second-order valence-electron chi connectivity index (χ2n) is 4.33. The van der Waals surface area contributed by atoms with Crippen LogP contribution in [0.1, 0.15) is 11.7 Å². The Kier molecular flexibility index (Phi) is 4.42. The van der Waals surface area contributed by atoms with Crippen LogP contribution < -0.4 is 4.74 Å². The number of aliphatic hydroxyl groups is 2. The van der Waals surface area contributed by atoms with Gasteiger partial charge in [-0.25, -0.2) is 0 Å². The molecule has 0 amide bonds. The van der Waals surface area contributed by atoms with E-state index in [1.165, 1.54) is 7.11 Å². The summed E-state index contributed by atoms with van der Waals surface area (Å²) in [4.78, 5) is 2.58. The summed E-state index contributed by atoms with van der Waals surface area (Å²) in [5.41, 5.74) is 8.77. The molecular formula is C14H15N3O3. The van der Waals surface area contributed by atoms with Gasteiger partial charge in [-0.2, -0.15) is 0 Å². The summed E-state index contributed by atoms with van der Waals surface area (Å²) in [5, 5.41) is 25.2. The van der Waals surface area contributed by atoms with Gasteiger partial charge in [-0.3, -0.25) is 0 Å². The molecule has 0 saturated carbocycles. The van der Waals surface area contributed by atoms with E-state index in [1.54, 1.807) is 6.07 Å². The fourth-order valence-corrected chi connectivity index (χ4v) is 2.17. The molecule has 2 unspecified atom stereocenters. The number of hydrogen-bond donors (Lipinski definition) is 2. The normalized spacial score (nSPS) is 13.6. The Labute approximate surface area is 115 Å². The predicted octanol–water partition coefficient (Wildman–Crippen LogP) is 2.55. The number of fused-ring (bicyclic) bond motifs is 1. The van der Waals surface area contributed by atoms with E-state index >= 15 is 0 Å². The van der Waals surface area contributed by atoms with Gasteiger partial charge in [0.15, 0.2) is 0 Å². The lowest BCUT2D eigenvalue weighted by Crippen LogP contribution is -2.22. The third-order valence-corrected chi connectivity index (χ3v) is 3.14. The first-order valence-electron chi connectivity index (χ1n) is 6.11. The van der Waals surface area contributed by atoms with E-state index in [4.69, 9.17) is 10.3 Å². The number of rotatable bonds is 5. The lowest BCUT2D eigenvalue weighted by molar-refractivity contribution is 0.0239. The number of methoxy groups -OCH3 is 1. The molecular weight excluding hydrogens is 258 g/mol.